The second-order valence-electron chi connectivity index (χ2n) is 3.78. The first-order valence-electron chi connectivity index (χ1n) is 5.31. The van der Waals surface area contributed by atoms with E-state index in [-0.39, 0.29) is 5.97 Å². The molecule has 0 saturated carbocycles. The number of aryl methyl sites for hydroxylation is 1. The fourth-order valence-corrected chi connectivity index (χ4v) is 2.20. The summed E-state index contributed by atoms with van der Waals surface area (Å²) in [5.41, 5.74) is 1.50. The smallest absolute Gasteiger partial charge is 0.344 e. The van der Waals surface area contributed by atoms with Crippen molar-refractivity contribution in [2.75, 3.05) is 0 Å². The highest BCUT2D eigenvalue weighted by atomic mass is 127. The number of carbonyl (C=O) groups is 1. The Labute approximate surface area is 124 Å². The first kappa shape index (κ1) is 13.4. The van der Waals surface area contributed by atoms with Gasteiger partial charge in [-0.2, -0.15) is 0 Å². The van der Waals surface area contributed by atoms with Crippen LogP contribution in [0.15, 0.2) is 42.5 Å². The van der Waals surface area contributed by atoms with Crippen molar-refractivity contribution in [1.29, 1.82) is 0 Å². The van der Waals surface area contributed by atoms with Crippen LogP contribution in [0.5, 0.6) is 5.75 Å². The zero-order chi connectivity index (χ0) is 13.1. The van der Waals surface area contributed by atoms with Crippen LogP contribution >= 0.6 is 34.2 Å². The molecule has 0 spiro atoms. The van der Waals surface area contributed by atoms with Crippen LogP contribution in [0.25, 0.3) is 0 Å². The molecule has 0 heterocycles. The highest BCUT2D eigenvalue weighted by Gasteiger charge is 2.12. The summed E-state index contributed by atoms with van der Waals surface area (Å²) >= 11 is 8.09. The Morgan fingerprint density at radius 1 is 1.22 bits per heavy atom. The summed E-state index contributed by atoms with van der Waals surface area (Å²) in [5, 5.41) is 0.586. The monoisotopic (exact) mass is 372 g/mol. The van der Waals surface area contributed by atoms with Crippen molar-refractivity contribution in [3.8, 4) is 5.75 Å². The van der Waals surface area contributed by atoms with Crippen molar-refractivity contribution < 1.29 is 9.53 Å². The molecule has 0 radical (unpaired) electrons. The summed E-state index contributed by atoms with van der Waals surface area (Å²) < 4.78 is 6.15. The van der Waals surface area contributed by atoms with Gasteiger partial charge in [-0.25, -0.2) is 4.79 Å². The lowest BCUT2D eigenvalue weighted by atomic mass is 10.2. The average molecular weight is 373 g/mol. The van der Waals surface area contributed by atoms with Crippen LogP contribution in [-0.4, -0.2) is 5.97 Å². The van der Waals surface area contributed by atoms with Crippen molar-refractivity contribution in [1.82, 2.24) is 0 Å². The van der Waals surface area contributed by atoms with Gasteiger partial charge in [-0.3, -0.25) is 0 Å². The summed E-state index contributed by atoms with van der Waals surface area (Å²) in [5.74, 6) is 0.0789. The predicted molar refractivity (Wildman–Crippen MR) is 80.3 cm³/mol. The number of esters is 1. The van der Waals surface area contributed by atoms with Crippen LogP contribution in [-0.2, 0) is 0 Å². The highest BCUT2D eigenvalue weighted by molar-refractivity contribution is 14.1. The molecule has 0 unspecified atom stereocenters. The average Bonchev–Trinajstić information content (AvgIpc) is 2.34. The maximum Gasteiger partial charge on any atom is 0.344 e. The van der Waals surface area contributed by atoms with Gasteiger partial charge in [0.2, 0.25) is 0 Å². The number of hydrogen-bond donors (Lipinski definition) is 0. The Kier molecular flexibility index (Phi) is 4.24. The standard InChI is InChI=1S/C14H10ClIO2/c1-9-6-7-10(8-12(9)15)18-14(17)11-4-2-3-5-13(11)16/h2-8H,1H3. The summed E-state index contributed by atoms with van der Waals surface area (Å²) in [6, 6.07) is 12.5. The van der Waals surface area contributed by atoms with Gasteiger partial charge in [0.05, 0.1) is 5.56 Å². The van der Waals surface area contributed by atoms with Crippen LogP contribution < -0.4 is 4.74 Å². The van der Waals surface area contributed by atoms with Gasteiger partial charge >= 0.3 is 5.97 Å². The SMILES string of the molecule is Cc1ccc(OC(=O)c2ccccc2I)cc1Cl. The first-order chi connectivity index (χ1) is 8.58. The van der Waals surface area contributed by atoms with Crippen molar-refractivity contribution in [2.24, 2.45) is 0 Å². The number of benzene rings is 2. The summed E-state index contributed by atoms with van der Waals surface area (Å²) in [7, 11) is 0. The molecule has 0 amide bonds. The second-order valence-corrected chi connectivity index (χ2v) is 5.35. The zero-order valence-corrected chi connectivity index (χ0v) is 12.5. The molecule has 0 aromatic heterocycles. The van der Waals surface area contributed by atoms with Crippen LogP contribution in [0.1, 0.15) is 15.9 Å². The van der Waals surface area contributed by atoms with Crippen molar-refractivity contribution in [3.63, 3.8) is 0 Å². The Balaban J connectivity index is 2.22. The molecule has 2 aromatic carbocycles. The fourth-order valence-electron chi connectivity index (χ4n) is 1.43. The van der Waals surface area contributed by atoms with E-state index in [0.29, 0.717) is 16.3 Å². The largest absolute Gasteiger partial charge is 0.423 e. The quantitative estimate of drug-likeness (QED) is 0.442. The van der Waals surface area contributed by atoms with Gasteiger partial charge in [-0.05, 0) is 59.3 Å². The molecule has 0 saturated heterocycles. The summed E-state index contributed by atoms with van der Waals surface area (Å²) in [4.78, 5) is 12.0. The third-order valence-corrected chi connectivity index (χ3v) is 3.80. The Morgan fingerprint density at radius 2 is 1.94 bits per heavy atom. The number of hydrogen-bond acceptors (Lipinski definition) is 2. The lowest BCUT2D eigenvalue weighted by Crippen LogP contribution is -2.10. The molecule has 4 heteroatoms. The third-order valence-electron chi connectivity index (χ3n) is 2.45. The van der Waals surface area contributed by atoms with Gasteiger partial charge in [0.15, 0.2) is 0 Å². The third kappa shape index (κ3) is 3.03. The molecule has 0 atom stereocenters. The Bertz CT molecular complexity index is 596. The van der Waals surface area contributed by atoms with Gasteiger partial charge in [-0.15, -0.1) is 0 Å². The predicted octanol–water partition coefficient (Wildman–Crippen LogP) is 4.47. The maximum atomic E-state index is 12.0. The van der Waals surface area contributed by atoms with Crippen LogP contribution in [0.4, 0.5) is 0 Å². The van der Waals surface area contributed by atoms with E-state index in [2.05, 4.69) is 22.6 Å². The number of rotatable bonds is 2. The van der Waals surface area contributed by atoms with Crippen molar-refractivity contribution in [2.45, 2.75) is 6.92 Å². The van der Waals surface area contributed by atoms with E-state index < -0.39 is 0 Å². The Hall–Kier alpha value is -1.07. The molecule has 0 aliphatic carbocycles. The number of halogens is 2. The molecule has 2 aromatic rings. The highest BCUT2D eigenvalue weighted by Crippen LogP contribution is 2.23. The van der Waals surface area contributed by atoms with Gasteiger partial charge in [0.25, 0.3) is 0 Å². The lowest BCUT2D eigenvalue weighted by molar-refractivity contribution is 0.0733. The molecule has 0 aliphatic heterocycles. The lowest BCUT2D eigenvalue weighted by Gasteiger charge is -2.07. The fraction of sp³-hybridized carbons (Fsp3) is 0.0714. The topological polar surface area (TPSA) is 26.3 Å². The summed E-state index contributed by atoms with van der Waals surface area (Å²) in [6.07, 6.45) is 0. The van der Waals surface area contributed by atoms with Crippen LogP contribution in [0.2, 0.25) is 5.02 Å². The normalized spacial score (nSPS) is 10.2. The maximum absolute atomic E-state index is 12.0. The van der Waals surface area contributed by atoms with E-state index in [4.69, 9.17) is 16.3 Å². The molecule has 0 aliphatic rings. The van der Waals surface area contributed by atoms with Gasteiger partial charge in [-0.1, -0.05) is 29.8 Å². The van der Waals surface area contributed by atoms with E-state index in [0.717, 1.165) is 9.13 Å². The molecule has 18 heavy (non-hydrogen) atoms. The van der Waals surface area contributed by atoms with E-state index in [9.17, 15) is 4.79 Å². The molecule has 2 rings (SSSR count). The van der Waals surface area contributed by atoms with E-state index in [1.807, 2.05) is 25.1 Å². The first-order valence-corrected chi connectivity index (χ1v) is 6.76. The minimum Gasteiger partial charge on any atom is -0.423 e. The number of ether oxygens (including phenoxy) is 1. The molecule has 0 fully saturated rings. The Morgan fingerprint density at radius 3 is 2.61 bits per heavy atom. The molecule has 0 N–H and O–H groups in total. The number of carbonyl (C=O) groups excluding carboxylic acids is 1. The molecular weight excluding hydrogens is 363 g/mol. The van der Waals surface area contributed by atoms with Crippen molar-refractivity contribution in [3.05, 3.63) is 62.2 Å². The molecular formula is C14H10ClIO2. The minimum absolute atomic E-state index is 0.375. The summed E-state index contributed by atoms with van der Waals surface area (Å²) in [6.45, 7) is 1.90. The van der Waals surface area contributed by atoms with Crippen LogP contribution in [0, 0.1) is 10.5 Å². The molecule has 92 valence electrons. The van der Waals surface area contributed by atoms with Gasteiger partial charge in [0.1, 0.15) is 5.75 Å². The van der Waals surface area contributed by atoms with E-state index in [1.54, 1.807) is 24.3 Å². The zero-order valence-electron chi connectivity index (χ0n) is 9.61. The van der Waals surface area contributed by atoms with Crippen LogP contribution in [0.3, 0.4) is 0 Å². The molecule has 2 nitrogen and oxygen atoms in total. The van der Waals surface area contributed by atoms with Crippen molar-refractivity contribution >= 4 is 40.2 Å². The van der Waals surface area contributed by atoms with Gasteiger partial charge in [0, 0.05) is 8.59 Å². The molecule has 0 bridgehead atoms. The van der Waals surface area contributed by atoms with Gasteiger partial charge < -0.3 is 4.74 Å². The van der Waals surface area contributed by atoms with E-state index in [1.165, 1.54) is 0 Å². The van der Waals surface area contributed by atoms with E-state index >= 15 is 0 Å². The minimum atomic E-state index is -0.375. The second kappa shape index (κ2) is 5.71.